The molecule has 0 heterocycles. The number of amides is 1. The lowest BCUT2D eigenvalue weighted by molar-refractivity contribution is -0.682. The summed E-state index contributed by atoms with van der Waals surface area (Å²) in [6.07, 6.45) is 0. The van der Waals surface area contributed by atoms with E-state index in [0.717, 1.165) is 6.07 Å². The van der Waals surface area contributed by atoms with Crippen LogP contribution in [-0.4, -0.2) is 18.2 Å². The number of hydrogen-bond donors (Lipinski definition) is 2. The minimum atomic E-state index is -0.638. The van der Waals surface area contributed by atoms with Crippen molar-refractivity contribution in [3.8, 4) is 0 Å². The van der Waals surface area contributed by atoms with Gasteiger partial charge in [-0.25, -0.2) is 8.78 Å². The van der Waals surface area contributed by atoms with Crippen LogP contribution < -0.4 is 10.6 Å². The monoisotopic (exact) mass is 333 g/mol. The van der Waals surface area contributed by atoms with Crippen LogP contribution in [0.1, 0.15) is 35.8 Å². The van der Waals surface area contributed by atoms with Crippen molar-refractivity contribution in [2.45, 2.75) is 19.9 Å². The summed E-state index contributed by atoms with van der Waals surface area (Å²) in [4.78, 5) is 23.6. The van der Waals surface area contributed by atoms with E-state index < -0.39 is 11.6 Å². The Morgan fingerprint density at radius 1 is 1.17 bits per heavy atom. The second-order valence-corrected chi connectivity index (χ2v) is 5.54. The maximum Gasteiger partial charge on any atom is 0.279 e. The maximum atomic E-state index is 13.7. The molecule has 0 saturated heterocycles. The van der Waals surface area contributed by atoms with Crippen molar-refractivity contribution in [3.63, 3.8) is 0 Å². The van der Waals surface area contributed by atoms with Gasteiger partial charge in [0, 0.05) is 17.2 Å². The Morgan fingerprint density at radius 3 is 2.54 bits per heavy atom. The van der Waals surface area contributed by atoms with Gasteiger partial charge in [-0.15, -0.1) is 0 Å². The van der Waals surface area contributed by atoms with Gasteiger partial charge in [0.1, 0.15) is 17.7 Å². The highest BCUT2D eigenvalue weighted by Crippen LogP contribution is 2.16. The van der Waals surface area contributed by atoms with E-state index in [-0.39, 0.29) is 24.3 Å². The van der Waals surface area contributed by atoms with Crippen molar-refractivity contribution >= 4 is 17.4 Å². The van der Waals surface area contributed by atoms with Gasteiger partial charge in [-0.05, 0) is 38.1 Å². The molecule has 0 bridgehead atoms. The Labute approximate surface area is 138 Å². The summed E-state index contributed by atoms with van der Waals surface area (Å²) >= 11 is 0. The summed E-state index contributed by atoms with van der Waals surface area (Å²) in [5.74, 6) is -1.72. The third-order valence-electron chi connectivity index (χ3n) is 3.69. The van der Waals surface area contributed by atoms with Crippen molar-refractivity contribution in [2.24, 2.45) is 0 Å². The van der Waals surface area contributed by atoms with Crippen LogP contribution in [0.2, 0.25) is 0 Å². The molecule has 2 rings (SSSR count). The standard InChI is InChI=1S/C18H18F2N2O2/c1-11(14-8-7-13(19)9-16(14)20)21-10-18(24)22-17-6-4-3-5-15(17)12(2)23/h3-9,11,21H,10H2,1-2H3,(H,22,24)/p+1/t11-/m1/s1. The van der Waals surface area contributed by atoms with E-state index in [4.69, 9.17) is 0 Å². The highest BCUT2D eigenvalue weighted by molar-refractivity contribution is 6.03. The quantitative estimate of drug-likeness (QED) is 0.798. The molecule has 0 fully saturated rings. The zero-order valence-corrected chi connectivity index (χ0v) is 13.5. The van der Waals surface area contributed by atoms with Crippen LogP contribution in [-0.2, 0) is 4.79 Å². The highest BCUT2D eigenvalue weighted by atomic mass is 19.1. The van der Waals surface area contributed by atoms with E-state index in [2.05, 4.69) is 5.32 Å². The molecule has 4 nitrogen and oxygen atoms in total. The van der Waals surface area contributed by atoms with Gasteiger partial charge in [-0.1, -0.05) is 12.1 Å². The van der Waals surface area contributed by atoms with E-state index in [9.17, 15) is 18.4 Å². The van der Waals surface area contributed by atoms with Crippen LogP contribution in [0.25, 0.3) is 0 Å². The predicted octanol–water partition coefficient (Wildman–Crippen LogP) is 2.43. The first-order chi connectivity index (χ1) is 11.4. The first-order valence-electron chi connectivity index (χ1n) is 7.56. The summed E-state index contributed by atoms with van der Waals surface area (Å²) in [6.45, 7) is 3.20. The number of anilines is 1. The summed E-state index contributed by atoms with van der Waals surface area (Å²) in [5.41, 5.74) is 1.21. The van der Waals surface area contributed by atoms with Gasteiger partial charge in [0.2, 0.25) is 0 Å². The van der Waals surface area contributed by atoms with Gasteiger partial charge in [-0.2, -0.15) is 0 Å². The molecule has 0 spiro atoms. The Kier molecular flexibility index (Phi) is 5.76. The summed E-state index contributed by atoms with van der Waals surface area (Å²) < 4.78 is 26.6. The van der Waals surface area contributed by atoms with E-state index >= 15 is 0 Å². The topological polar surface area (TPSA) is 62.8 Å². The van der Waals surface area contributed by atoms with Crippen molar-refractivity contribution in [3.05, 3.63) is 65.2 Å². The Balaban J connectivity index is 1.97. The molecule has 0 radical (unpaired) electrons. The van der Waals surface area contributed by atoms with Gasteiger partial charge in [0.25, 0.3) is 5.91 Å². The molecule has 3 N–H and O–H groups in total. The average Bonchev–Trinajstić information content (AvgIpc) is 2.53. The molecule has 24 heavy (non-hydrogen) atoms. The number of Topliss-reactive ketones (excluding diaryl/α,β-unsaturated/α-hetero) is 1. The second-order valence-electron chi connectivity index (χ2n) is 5.54. The molecule has 2 aromatic carbocycles. The van der Waals surface area contributed by atoms with Gasteiger partial charge in [0.05, 0.1) is 5.69 Å². The molecule has 6 heteroatoms. The fourth-order valence-corrected chi connectivity index (χ4v) is 2.38. The summed E-state index contributed by atoms with van der Waals surface area (Å²) in [5, 5.41) is 4.32. The molecular weight excluding hydrogens is 314 g/mol. The van der Waals surface area contributed by atoms with E-state index in [1.807, 2.05) is 0 Å². The van der Waals surface area contributed by atoms with Crippen molar-refractivity contribution in [1.82, 2.24) is 0 Å². The van der Waals surface area contributed by atoms with Crippen LogP contribution in [0.3, 0.4) is 0 Å². The zero-order valence-electron chi connectivity index (χ0n) is 13.5. The molecule has 1 atom stereocenters. The van der Waals surface area contributed by atoms with Crippen LogP contribution in [0, 0.1) is 11.6 Å². The molecule has 0 saturated carbocycles. The molecule has 1 amide bonds. The Morgan fingerprint density at radius 2 is 1.88 bits per heavy atom. The predicted molar refractivity (Wildman–Crippen MR) is 86.6 cm³/mol. The van der Waals surface area contributed by atoms with Crippen molar-refractivity contribution in [2.75, 3.05) is 11.9 Å². The maximum absolute atomic E-state index is 13.7. The molecule has 0 aliphatic heterocycles. The minimum absolute atomic E-state index is 0.0459. The first kappa shape index (κ1) is 17.7. The molecule has 0 aliphatic carbocycles. The number of carbonyl (C=O) groups is 2. The molecule has 2 aromatic rings. The van der Waals surface area contributed by atoms with Gasteiger partial charge in [-0.3, -0.25) is 9.59 Å². The smallest absolute Gasteiger partial charge is 0.279 e. The summed E-state index contributed by atoms with van der Waals surface area (Å²) in [6, 6.07) is 9.76. The molecule has 126 valence electrons. The number of benzene rings is 2. The lowest BCUT2D eigenvalue weighted by Crippen LogP contribution is -2.86. The molecule has 0 unspecified atom stereocenters. The van der Waals surface area contributed by atoms with Crippen LogP contribution in [0.15, 0.2) is 42.5 Å². The number of nitrogens with two attached hydrogens (primary N) is 1. The van der Waals surface area contributed by atoms with Crippen molar-refractivity contribution in [1.29, 1.82) is 0 Å². The normalized spacial score (nSPS) is 11.8. The first-order valence-corrected chi connectivity index (χ1v) is 7.56. The number of quaternary nitrogens is 1. The number of ketones is 1. The van der Waals surface area contributed by atoms with Crippen LogP contribution >= 0.6 is 0 Å². The molecular formula is C18H19F2N2O2+. The Bertz CT molecular complexity index is 762. The number of halogens is 2. The average molecular weight is 333 g/mol. The van der Waals surface area contributed by atoms with E-state index in [1.54, 1.807) is 36.5 Å². The third kappa shape index (κ3) is 4.45. The highest BCUT2D eigenvalue weighted by Gasteiger charge is 2.17. The third-order valence-corrected chi connectivity index (χ3v) is 3.69. The second kappa shape index (κ2) is 7.79. The van der Waals surface area contributed by atoms with Crippen LogP contribution in [0.4, 0.5) is 14.5 Å². The van der Waals surface area contributed by atoms with E-state index in [0.29, 0.717) is 16.8 Å². The number of rotatable bonds is 6. The molecule has 0 aromatic heterocycles. The lowest BCUT2D eigenvalue weighted by atomic mass is 10.1. The van der Waals surface area contributed by atoms with Crippen molar-refractivity contribution < 1.29 is 23.7 Å². The summed E-state index contributed by atoms with van der Waals surface area (Å²) in [7, 11) is 0. The largest absolute Gasteiger partial charge is 0.332 e. The fourth-order valence-electron chi connectivity index (χ4n) is 2.38. The molecule has 0 aliphatic rings. The van der Waals surface area contributed by atoms with E-state index in [1.165, 1.54) is 19.1 Å². The minimum Gasteiger partial charge on any atom is -0.332 e. The zero-order chi connectivity index (χ0) is 17.7. The number of nitrogens with one attached hydrogen (secondary N) is 1. The lowest BCUT2D eigenvalue weighted by Gasteiger charge is -2.13. The number of para-hydroxylation sites is 1. The van der Waals surface area contributed by atoms with Gasteiger partial charge >= 0.3 is 0 Å². The fraction of sp³-hybridized carbons (Fsp3) is 0.222. The number of carbonyl (C=O) groups excluding carboxylic acids is 2. The van der Waals surface area contributed by atoms with Gasteiger partial charge < -0.3 is 10.6 Å². The Hall–Kier alpha value is -2.60. The SMILES string of the molecule is CC(=O)c1ccccc1NC(=O)C[NH2+][C@H](C)c1ccc(F)cc1F. The van der Waals surface area contributed by atoms with Gasteiger partial charge in [0.15, 0.2) is 12.3 Å². The number of hydrogen-bond acceptors (Lipinski definition) is 2. The van der Waals surface area contributed by atoms with Crippen LogP contribution in [0.5, 0.6) is 0 Å².